The van der Waals surface area contributed by atoms with Crippen LogP contribution in [0.15, 0.2) is 20.0 Å². The Morgan fingerprint density at radius 3 is 2.75 bits per heavy atom. The zero-order valence-corrected chi connectivity index (χ0v) is 13.2. The minimum absolute atomic E-state index is 0.0335. The third kappa shape index (κ3) is 3.78. The van der Waals surface area contributed by atoms with E-state index in [1.54, 1.807) is 0 Å². The summed E-state index contributed by atoms with van der Waals surface area (Å²) in [5.74, 6) is 0.452. The minimum atomic E-state index is -3.98. The first-order valence-corrected chi connectivity index (χ1v) is 8.30. The second-order valence-corrected chi connectivity index (χ2v) is 7.42. The van der Waals surface area contributed by atoms with E-state index in [1.165, 1.54) is 6.07 Å². The molecule has 0 atom stereocenters. The molecular weight excluding hydrogens is 358 g/mol. The van der Waals surface area contributed by atoms with Crippen LogP contribution in [0.3, 0.4) is 0 Å². The lowest BCUT2D eigenvalue weighted by Crippen LogP contribution is -2.31. The molecule has 5 nitrogen and oxygen atoms in total. The molecule has 1 aliphatic rings. The van der Waals surface area contributed by atoms with Crippen molar-refractivity contribution in [1.82, 2.24) is 9.62 Å². The summed E-state index contributed by atoms with van der Waals surface area (Å²) in [4.78, 5) is -0.131. The fourth-order valence-electron chi connectivity index (χ4n) is 1.65. The van der Waals surface area contributed by atoms with Gasteiger partial charge in [-0.1, -0.05) is 0 Å². The second-order valence-electron chi connectivity index (χ2n) is 4.68. The first kappa shape index (κ1) is 15.9. The quantitative estimate of drug-likeness (QED) is 0.796. The lowest BCUT2D eigenvalue weighted by atomic mass is 10.4. The van der Waals surface area contributed by atoms with E-state index in [0.29, 0.717) is 22.7 Å². The summed E-state index contributed by atoms with van der Waals surface area (Å²) < 4.78 is 54.8. The highest BCUT2D eigenvalue weighted by Crippen LogP contribution is 2.29. The van der Waals surface area contributed by atoms with Crippen molar-refractivity contribution in [3.8, 4) is 0 Å². The Kier molecular flexibility index (Phi) is 4.83. The maximum Gasteiger partial charge on any atom is 0.252 e. The Morgan fingerprint density at radius 1 is 1.55 bits per heavy atom. The number of rotatable bonds is 7. The van der Waals surface area contributed by atoms with E-state index in [2.05, 4.69) is 21.2 Å². The molecule has 1 aliphatic carbocycles. The molecule has 0 saturated heterocycles. The normalized spacial score (nSPS) is 16.3. The molecular formula is C11H15BrF2N2O3S. The van der Waals surface area contributed by atoms with Crippen LogP contribution in [0.4, 0.5) is 8.78 Å². The third-order valence-corrected chi connectivity index (χ3v) is 5.61. The molecule has 0 unspecified atom stereocenters. The molecule has 0 amide bonds. The number of halogens is 3. The van der Waals surface area contributed by atoms with Gasteiger partial charge in [-0.05, 0) is 28.8 Å². The molecule has 0 aliphatic heterocycles. The van der Waals surface area contributed by atoms with Gasteiger partial charge in [0.25, 0.3) is 6.43 Å². The van der Waals surface area contributed by atoms with Crippen LogP contribution in [0.5, 0.6) is 0 Å². The molecule has 1 fully saturated rings. The number of hydrogen-bond donors (Lipinski definition) is 1. The zero-order chi connectivity index (χ0) is 14.9. The molecule has 114 valence electrons. The highest BCUT2D eigenvalue weighted by molar-refractivity contribution is 9.10. The first-order valence-electron chi connectivity index (χ1n) is 6.07. The van der Waals surface area contributed by atoms with Crippen molar-refractivity contribution >= 4 is 26.0 Å². The number of hydrogen-bond acceptors (Lipinski definition) is 4. The number of nitrogens with one attached hydrogen (secondary N) is 1. The van der Waals surface area contributed by atoms with Gasteiger partial charge in [-0.2, -0.15) is 4.31 Å². The molecule has 9 heteroatoms. The Balaban J connectivity index is 2.13. The number of nitrogens with zero attached hydrogens (tertiary/aromatic N) is 1. The second kappa shape index (κ2) is 6.08. The Bertz CT molecular complexity index is 572. The Morgan fingerprint density at radius 2 is 2.20 bits per heavy atom. The summed E-state index contributed by atoms with van der Waals surface area (Å²) in [6.07, 6.45) is -0.523. The molecule has 20 heavy (non-hydrogen) atoms. The number of alkyl halides is 2. The number of furan rings is 1. The first-order chi connectivity index (χ1) is 9.30. The maximum atomic E-state index is 12.3. The van der Waals surface area contributed by atoms with Crippen molar-refractivity contribution in [3.63, 3.8) is 0 Å². The average Bonchev–Trinajstić information content (AvgIpc) is 3.08. The van der Waals surface area contributed by atoms with Gasteiger partial charge >= 0.3 is 0 Å². The van der Waals surface area contributed by atoms with Gasteiger partial charge in [-0.3, -0.25) is 0 Å². The molecule has 2 rings (SSSR count). The van der Waals surface area contributed by atoms with E-state index < -0.39 is 23.0 Å². The van der Waals surface area contributed by atoms with Gasteiger partial charge in [0.1, 0.15) is 10.7 Å². The van der Waals surface area contributed by atoms with Crippen LogP contribution in [0.25, 0.3) is 0 Å². The van der Waals surface area contributed by atoms with Gasteiger partial charge in [0.2, 0.25) is 10.0 Å². The summed E-state index contributed by atoms with van der Waals surface area (Å²) in [5.41, 5.74) is 0. The van der Waals surface area contributed by atoms with Crippen LogP contribution < -0.4 is 5.32 Å². The molecule has 0 radical (unpaired) electrons. The largest absolute Gasteiger partial charge is 0.452 e. The van der Waals surface area contributed by atoms with Crippen LogP contribution in [-0.4, -0.2) is 38.8 Å². The predicted molar refractivity (Wildman–Crippen MR) is 72.1 cm³/mol. The predicted octanol–water partition coefficient (Wildman–Crippen LogP) is 2.18. The van der Waals surface area contributed by atoms with Gasteiger partial charge in [0.05, 0.1) is 13.1 Å². The summed E-state index contributed by atoms with van der Waals surface area (Å²) >= 11 is 3.02. The van der Waals surface area contributed by atoms with Crippen molar-refractivity contribution < 1.29 is 21.6 Å². The summed E-state index contributed by atoms with van der Waals surface area (Å²) in [7, 11) is -2.87. The van der Waals surface area contributed by atoms with E-state index in [9.17, 15) is 17.2 Å². The number of sulfonamides is 1. The van der Waals surface area contributed by atoms with E-state index in [-0.39, 0.29) is 9.56 Å². The van der Waals surface area contributed by atoms with E-state index in [0.717, 1.165) is 19.9 Å². The standard InChI is InChI=1S/C11H15BrF2N2O3S/c1-16(6-10(13)14)20(17,18)9-4-8(19-11(9)12)5-15-7-2-3-7/h4,7,10,15H,2-3,5-6H2,1H3. The van der Waals surface area contributed by atoms with Crippen molar-refractivity contribution in [2.75, 3.05) is 13.6 Å². The monoisotopic (exact) mass is 372 g/mol. The van der Waals surface area contributed by atoms with Gasteiger partial charge in [-0.25, -0.2) is 17.2 Å². The molecule has 0 bridgehead atoms. The van der Waals surface area contributed by atoms with Crippen LogP contribution in [-0.2, 0) is 16.6 Å². The highest BCUT2D eigenvalue weighted by Gasteiger charge is 2.29. The lowest BCUT2D eigenvalue weighted by Gasteiger charge is -2.15. The average molecular weight is 373 g/mol. The summed E-state index contributed by atoms with van der Waals surface area (Å²) in [6.45, 7) is -0.438. The molecule has 1 N–H and O–H groups in total. The van der Waals surface area contributed by atoms with Crippen LogP contribution >= 0.6 is 15.9 Å². The molecule has 1 heterocycles. The fraction of sp³-hybridized carbons (Fsp3) is 0.636. The maximum absolute atomic E-state index is 12.3. The van der Waals surface area contributed by atoms with Gasteiger partial charge < -0.3 is 9.73 Å². The lowest BCUT2D eigenvalue weighted by molar-refractivity contribution is 0.126. The van der Waals surface area contributed by atoms with Gasteiger partial charge in [0.15, 0.2) is 4.67 Å². The van der Waals surface area contributed by atoms with Crippen LogP contribution in [0, 0.1) is 0 Å². The highest BCUT2D eigenvalue weighted by atomic mass is 79.9. The van der Waals surface area contributed by atoms with Crippen molar-refractivity contribution in [2.24, 2.45) is 0 Å². The summed E-state index contributed by atoms with van der Waals surface area (Å²) in [6, 6.07) is 1.82. The zero-order valence-electron chi connectivity index (χ0n) is 10.8. The van der Waals surface area contributed by atoms with Crippen molar-refractivity contribution in [1.29, 1.82) is 0 Å². The van der Waals surface area contributed by atoms with Crippen LogP contribution in [0.1, 0.15) is 18.6 Å². The van der Waals surface area contributed by atoms with Gasteiger partial charge in [0, 0.05) is 19.2 Å². The fourth-order valence-corrected chi connectivity index (χ4v) is 3.76. The van der Waals surface area contributed by atoms with Crippen molar-refractivity contribution in [2.45, 2.75) is 36.7 Å². The van der Waals surface area contributed by atoms with E-state index in [1.807, 2.05) is 0 Å². The Labute approximate surface area is 124 Å². The van der Waals surface area contributed by atoms with E-state index in [4.69, 9.17) is 4.42 Å². The molecule has 0 spiro atoms. The Hall–Kier alpha value is -0.510. The SMILES string of the molecule is CN(CC(F)F)S(=O)(=O)c1cc(CNC2CC2)oc1Br. The third-order valence-electron chi connectivity index (χ3n) is 2.93. The van der Waals surface area contributed by atoms with E-state index >= 15 is 0 Å². The smallest absolute Gasteiger partial charge is 0.252 e. The molecule has 1 aromatic rings. The topological polar surface area (TPSA) is 62.6 Å². The minimum Gasteiger partial charge on any atom is -0.452 e. The molecule has 1 saturated carbocycles. The molecule has 0 aromatic carbocycles. The van der Waals surface area contributed by atoms with Gasteiger partial charge in [-0.15, -0.1) is 0 Å². The summed E-state index contributed by atoms with van der Waals surface area (Å²) in [5, 5.41) is 3.18. The van der Waals surface area contributed by atoms with Crippen LogP contribution in [0.2, 0.25) is 0 Å². The molecule has 1 aromatic heterocycles. The van der Waals surface area contributed by atoms with Crippen molar-refractivity contribution in [3.05, 3.63) is 16.5 Å².